The van der Waals surface area contributed by atoms with Crippen LogP contribution in [0.1, 0.15) is 17.3 Å². The standard InChI is InChI=1S/C16H13FN2O3/c1-2-21-16(20)13-5-3-11(17)8-15(13)22-12-4-6-14-10(7-12)9-18-19-14/h3-9H,2H2,1H3,(H,18,19). The maximum atomic E-state index is 13.5. The average molecular weight is 300 g/mol. The van der Waals surface area contributed by atoms with E-state index in [0.717, 1.165) is 17.0 Å². The molecule has 22 heavy (non-hydrogen) atoms. The molecule has 0 saturated carbocycles. The lowest BCUT2D eigenvalue weighted by molar-refractivity contribution is 0.0523. The molecule has 0 atom stereocenters. The highest BCUT2D eigenvalue weighted by Crippen LogP contribution is 2.28. The molecule has 112 valence electrons. The maximum absolute atomic E-state index is 13.5. The number of benzene rings is 2. The largest absolute Gasteiger partial charge is 0.462 e. The number of H-pyrrole nitrogens is 1. The van der Waals surface area contributed by atoms with Gasteiger partial charge in [-0.25, -0.2) is 9.18 Å². The first-order chi connectivity index (χ1) is 10.7. The average Bonchev–Trinajstić information content (AvgIpc) is 2.95. The molecule has 0 radical (unpaired) electrons. The van der Waals surface area contributed by atoms with Gasteiger partial charge < -0.3 is 9.47 Å². The van der Waals surface area contributed by atoms with Crippen molar-refractivity contribution in [3.63, 3.8) is 0 Å². The second-order valence-electron chi connectivity index (χ2n) is 4.58. The number of carbonyl (C=O) groups is 1. The Labute approximate surface area is 125 Å². The van der Waals surface area contributed by atoms with Crippen LogP contribution in [-0.2, 0) is 4.74 Å². The number of carbonyl (C=O) groups excluding carboxylic acids is 1. The van der Waals surface area contributed by atoms with Crippen molar-refractivity contribution < 1.29 is 18.7 Å². The van der Waals surface area contributed by atoms with E-state index in [4.69, 9.17) is 9.47 Å². The Morgan fingerprint density at radius 1 is 1.27 bits per heavy atom. The van der Waals surface area contributed by atoms with Gasteiger partial charge in [-0.2, -0.15) is 5.10 Å². The third-order valence-electron chi connectivity index (χ3n) is 3.08. The van der Waals surface area contributed by atoms with Crippen LogP contribution < -0.4 is 4.74 Å². The Morgan fingerprint density at radius 2 is 2.14 bits per heavy atom. The molecule has 0 saturated heterocycles. The van der Waals surface area contributed by atoms with E-state index >= 15 is 0 Å². The van der Waals surface area contributed by atoms with Gasteiger partial charge in [-0.15, -0.1) is 0 Å². The summed E-state index contributed by atoms with van der Waals surface area (Å²) in [4.78, 5) is 11.9. The predicted octanol–water partition coefficient (Wildman–Crippen LogP) is 3.67. The molecular weight excluding hydrogens is 287 g/mol. The summed E-state index contributed by atoms with van der Waals surface area (Å²) in [6.45, 7) is 1.94. The minimum Gasteiger partial charge on any atom is -0.462 e. The third-order valence-corrected chi connectivity index (χ3v) is 3.08. The van der Waals surface area contributed by atoms with Crippen LogP contribution in [0.5, 0.6) is 11.5 Å². The lowest BCUT2D eigenvalue weighted by Gasteiger charge is -2.10. The molecule has 2 aromatic carbocycles. The van der Waals surface area contributed by atoms with Crippen molar-refractivity contribution in [2.45, 2.75) is 6.92 Å². The van der Waals surface area contributed by atoms with E-state index in [9.17, 15) is 9.18 Å². The van der Waals surface area contributed by atoms with Crippen molar-refractivity contribution in [2.24, 2.45) is 0 Å². The zero-order valence-corrected chi connectivity index (χ0v) is 11.8. The van der Waals surface area contributed by atoms with E-state index in [2.05, 4.69) is 10.2 Å². The van der Waals surface area contributed by atoms with Gasteiger partial charge in [-0.1, -0.05) is 0 Å². The van der Waals surface area contributed by atoms with Gasteiger partial charge in [0.25, 0.3) is 0 Å². The molecule has 0 aliphatic carbocycles. The summed E-state index contributed by atoms with van der Waals surface area (Å²) in [5.74, 6) is -0.458. The summed E-state index contributed by atoms with van der Waals surface area (Å²) in [7, 11) is 0. The molecule has 1 heterocycles. The van der Waals surface area contributed by atoms with Gasteiger partial charge in [0.05, 0.1) is 18.3 Å². The van der Waals surface area contributed by atoms with E-state index in [-0.39, 0.29) is 17.9 Å². The van der Waals surface area contributed by atoms with E-state index in [1.54, 1.807) is 31.3 Å². The van der Waals surface area contributed by atoms with Crippen molar-refractivity contribution in [3.8, 4) is 11.5 Å². The van der Waals surface area contributed by atoms with Gasteiger partial charge >= 0.3 is 5.97 Å². The van der Waals surface area contributed by atoms with Crippen LogP contribution in [0.4, 0.5) is 4.39 Å². The second-order valence-corrected chi connectivity index (χ2v) is 4.58. The van der Waals surface area contributed by atoms with E-state index in [1.807, 2.05) is 0 Å². The van der Waals surface area contributed by atoms with E-state index < -0.39 is 11.8 Å². The van der Waals surface area contributed by atoms with Crippen molar-refractivity contribution in [1.29, 1.82) is 0 Å². The SMILES string of the molecule is CCOC(=O)c1ccc(F)cc1Oc1ccc2[nH]ncc2c1. The Morgan fingerprint density at radius 3 is 2.95 bits per heavy atom. The Balaban J connectivity index is 1.96. The van der Waals surface area contributed by atoms with E-state index in [0.29, 0.717) is 5.75 Å². The molecule has 0 fully saturated rings. The van der Waals surface area contributed by atoms with Gasteiger partial charge in [-0.3, -0.25) is 5.10 Å². The number of nitrogens with one attached hydrogen (secondary N) is 1. The zero-order chi connectivity index (χ0) is 15.5. The van der Waals surface area contributed by atoms with Gasteiger partial charge in [0.15, 0.2) is 0 Å². The molecule has 3 aromatic rings. The number of rotatable bonds is 4. The van der Waals surface area contributed by atoms with Crippen LogP contribution in [0.15, 0.2) is 42.6 Å². The number of fused-ring (bicyclic) bond motifs is 1. The quantitative estimate of drug-likeness (QED) is 0.747. The number of halogens is 1. The molecule has 3 rings (SSSR count). The molecule has 1 N–H and O–H groups in total. The monoisotopic (exact) mass is 300 g/mol. The third kappa shape index (κ3) is 2.76. The number of aromatic amines is 1. The van der Waals surface area contributed by atoms with Crippen LogP contribution in [0.3, 0.4) is 0 Å². The van der Waals surface area contributed by atoms with Gasteiger partial charge in [-0.05, 0) is 37.3 Å². The van der Waals surface area contributed by atoms with Crippen LogP contribution in [0.2, 0.25) is 0 Å². The first-order valence-electron chi connectivity index (χ1n) is 6.75. The van der Waals surface area contributed by atoms with Crippen molar-refractivity contribution in [1.82, 2.24) is 10.2 Å². The summed E-state index contributed by atoms with van der Waals surface area (Å²) >= 11 is 0. The van der Waals surface area contributed by atoms with Gasteiger partial charge in [0.1, 0.15) is 22.9 Å². The lowest BCUT2D eigenvalue weighted by Crippen LogP contribution is -2.06. The smallest absolute Gasteiger partial charge is 0.341 e. The molecule has 6 heteroatoms. The van der Waals surface area contributed by atoms with Gasteiger partial charge in [0.2, 0.25) is 0 Å². The number of esters is 1. The molecule has 0 spiro atoms. The lowest BCUT2D eigenvalue weighted by atomic mass is 10.2. The van der Waals surface area contributed by atoms with Gasteiger partial charge in [0, 0.05) is 11.5 Å². The fourth-order valence-electron chi connectivity index (χ4n) is 2.07. The molecule has 1 aromatic heterocycles. The number of ether oxygens (including phenoxy) is 2. The second kappa shape index (κ2) is 5.85. The zero-order valence-electron chi connectivity index (χ0n) is 11.8. The van der Waals surface area contributed by atoms with Crippen LogP contribution in [0, 0.1) is 5.82 Å². The molecule has 0 amide bonds. The summed E-state index contributed by atoms with van der Waals surface area (Å²) in [6.07, 6.45) is 1.65. The molecule has 0 bridgehead atoms. The summed E-state index contributed by atoms with van der Waals surface area (Å²) in [5.41, 5.74) is 1.03. The van der Waals surface area contributed by atoms with Crippen molar-refractivity contribution in [2.75, 3.05) is 6.61 Å². The minimum absolute atomic E-state index is 0.112. The first kappa shape index (κ1) is 14.1. The number of hydrogen-bond donors (Lipinski definition) is 1. The normalized spacial score (nSPS) is 10.6. The fourth-order valence-corrected chi connectivity index (χ4v) is 2.07. The molecule has 5 nitrogen and oxygen atoms in total. The summed E-state index contributed by atoms with van der Waals surface area (Å²) in [5, 5.41) is 7.60. The summed E-state index contributed by atoms with van der Waals surface area (Å²) in [6, 6.07) is 8.95. The molecule has 0 aliphatic rings. The molecule has 0 aliphatic heterocycles. The molecular formula is C16H13FN2O3. The Hall–Kier alpha value is -2.89. The van der Waals surface area contributed by atoms with Crippen LogP contribution in [-0.4, -0.2) is 22.8 Å². The van der Waals surface area contributed by atoms with Crippen molar-refractivity contribution in [3.05, 3.63) is 54.0 Å². The Kier molecular flexibility index (Phi) is 3.74. The highest BCUT2D eigenvalue weighted by molar-refractivity contribution is 5.92. The highest BCUT2D eigenvalue weighted by Gasteiger charge is 2.15. The van der Waals surface area contributed by atoms with Crippen molar-refractivity contribution >= 4 is 16.9 Å². The van der Waals surface area contributed by atoms with E-state index in [1.165, 1.54) is 12.1 Å². The highest BCUT2D eigenvalue weighted by atomic mass is 19.1. The predicted molar refractivity (Wildman–Crippen MR) is 78.5 cm³/mol. The first-order valence-corrected chi connectivity index (χ1v) is 6.75. The maximum Gasteiger partial charge on any atom is 0.341 e. The Bertz CT molecular complexity index is 829. The summed E-state index contributed by atoms with van der Waals surface area (Å²) < 4.78 is 24.1. The van der Waals surface area contributed by atoms with Crippen LogP contribution in [0.25, 0.3) is 10.9 Å². The van der Waals surface area contributed by atoms with Crippen LogP contribution >= 0.6 is 0 Å². The minimum atomic E-state index is -0.554. The number of hydrogen-bond acceptors (Lipinski definition) is 4. The number of nitrogens with zero attached hydrogens (tertiary/aromatic N) is 1. The molecule has 0 unspecified atom stereocenters. The fraction of sp³-hybridized carbons (Fsp3) is 0.125. The topological polar surface area (TPSA) is 64.2 Å². The number of aromatic nitrogens is 2.